The molecule has 0 amide bonds. The van der Waals surface area contributed by atoms with Crippen LogP contribution in [-0.2, 0) is 15.7 Å². The van der Waals surface area contributed by atoms with E-state index in [2.05, 4.69) is 10.7 Å². The second-order valence-corrected chi connectivity index (χ2v) is 3.04. The van der Waals surface area contributed by atoms with Gasteiger partial charge in [0.1, 0.15) is 0 Å². The molecule has 90 valence electrons. The summed E-state index contributed by atoms with van der Waals surface area (Å²) >= 11 is 0. The number of nitrogens with two attached hydrogens (primary N) is 1. The Morgan fingerprint density at radius 1 is 1.41 bits per heavy atom. The van der Waals surface area contributed by atoms with Crippen molar-refractivity contribution in [3.8, 4) is 11.8 Å². The maximum atomic E-state index is 12.6. The molecule has 3 nitrogen and oxygen atoms in total. The van der Waals surface area contributed by atoms with Crippen LogP contribution in [0.5, 0.6) is 0 Å². The Kier molecular flexibility index (Phi) is 3.63. The molecule has 0 aliphatic heterocycles. The van der Waals surface area contributed by atoms with E-state index in [0.29, 0.717) is 0 Å². The van der Waals surface area contributed by atoms with Crippen LogP contribution in [0.15, 0.2) is 18.2 Å². The number of ether oxygens (including phenoxy) is 1. The lowest BCUT2D eigenvalue weighted by Crippen LogP contribution is -2.08. The van der Waals surface area contributed by atoms with Gasteiger partial charge in [0.2, 0.25) is 0 Å². The Balaban J connectivity index is 3.24. The average Bonchev–Trinajstić information content (AvgIpc) is 2.24. The summed E-state index contributed by atoms with van der Waals surface area (Å²) in [6.45, 7) is 0. The van der Waals surface area contributed by atoms with Crippen molar-refractivity contribution in [3.05, 3.63) is 29.3 Å². The van der Waals surface area contributed by atoms with E-state index in [-0.39, 0.29) is 11.3 Å². The van der Waals surface area contributed by atoms with E-state index in [1.807, 2.05) is 5.92 Å². The van der Waals surface area contributed by atoms with Crippen LogP contribution in [0.25, 0.3) is 0 Å². The van der Waals surface area contributed by atoms with Gasteiger partial charge in [-0.05, 0) is 18.2 Å². The highest BCUT2D eigenvalue weighted by atomic mass is 19.4. The number of alkyl halides is 3. The highest BCUT2D eigenvalue weighted by Gasteiger charge is 2.32. The standard InChI is InChI=1S/C11H8F3NO2/c1-17-10(16)5-2-7-6-8(15)3-4-9(7)11(12,13)14/h3-4,6H,15H2,1H3. The van der Waals surface area contributed by atoms with Gasteiger partial charge in [-0.15, -0.1) is 0 Å². The monoisotopic (exact) mass is 243 g/mol. The molecule has 0 heterocycles. The Hall–Kier alpha value is -2.16. The Morgan fingerprint density at radius 3 is 2.59 bits per heavy atom. The first-order chi connectivity index (χ1) is 7.84. The van der Waals surface area contributed by atoms with Crippen LogP contribution >= 0.6 is 0 Å². The van der Waals surface area contributed by atoms with E-state index in [1.54, 1.807) is 0 Å². The summed E-state index contributed by atoms with van der Waals surface area (Å²) in [6, 6.07) is 2.99. The molecule has 2 N–H and O–H groups in total. The van der Waals surface area contributed by atoms with Gasteiger partial charge in [-0.2, -0.15) is 13.2 Å². The summed E-state index contributed by atoms with van der Waals surface area (Å²) in [5.41, 5.74) is 4.19. The molecule has 0 atom stereocenters. The number of nitrogen functional groups attached to an aromatic ring is 1. The highest BCUT2D eigenvalue weighted by Crippen LogP contribution is 2.32. The summed E-state index contributed by atoms with van der Waals surface area (Å²) in [4.78, 5) is 10.7. The van der Waals surface area contributed by atoms with Crippen molar-refractivity contribution in [1.82, 2.24) is 0 Å². The third-order valence-corrected chi connectivity index (χ3v) is 1.83. The van der Waals surface area contributed by atoms with E-state index < -0.39 is 17.7 Å². The van der Waals surface area contributed by atoms with Gasteiger partial charge < -0.3 is 10.5 Å². The fraction of sp³-hybridized carbons (Fsp3) is 0.182. The number of hydrogen-bond donors (Lipinski definition) is 1. The Morgan fingerprint density at radius 2 is 2.06 bits per heavy atom. The fourth-order valence-corrected chi connectivity index (χ4v) is 1.08. The second kappa shape index (κ2) is 4.78. The first-order valence-electron chi connectivity index (χ1n) is 4.41. The molecule has 1 aromatic carbocycles. The number of rotatable bonds is 0. The molecule has 0 unspecified atom stereocenters. The summed E-state index contributed by atoms with van der Waals surface area (Å²) in [5, 5.41) is 0. The van der Waals surface area contributed by atoms with Gasteiger partial charge >= 0.3 is 12.1 Å². The molecule has 0 aliphatic rings. The van der Waals surface area contributed by atoms with Crippen LogP contribution in [0.2, 0.25) is 0 Å². The van der Waals surface area contributed by atoms with Crippen molar-refractivity contribution < 1.29 is 22.7 Å². The highest BCUT2D eigenvalue weighted by molar-refractivity contribution is 5.89. The maximum Gasteiger partial charge on any atom is 0.417 e. The predicted molar refractivity (Wildman–Crippen MR) is 54.8 cm³/mol. The smallest absolute Gasteiger partial charge is 0.417 e. The molecular formula is C11H8F3NO2. The minimum absolute atomic E-state index is 0.132. The minimum atomic E-state index is -4.55. The predicted octanol–water partition coefficient (Wildman–Crippen LogP) is 1.81. The molecule has 0 radical (unpaired) electrons. The summed E-state index contributed by atoms with van der Waals surface area (Å²) in [7, 11) is 1.08. The van der Waals surface area contributed by atoms with E-state index in [1.165, 1.54) is 0 Å². The van der Waals surface area contributed by atoms with Gasteiger partial charge in [0, 0.05) is 17.2 Å². The Bertz CT molecular complexity index is 498. The zero-order valence-corrected chi connectivity index (χ0v) is 8.76. The quantitative estimate of drug-likeness (QED) is 0.429. The molecule has 0 fully saturated rings. The zero-order chi connectivity index (χ0) is 13.1. The van der Waals surface area contributed by atoms with E-state index in [9.17, 15) is 18.0 Å². The summed E-state index contributed by atoms with van der Waals surface area (Å²) in [5.74, 6) is 3.09. The Labute approximate surface area is 95.4 Å². The summed E-state index contributed by atoms with van der Waals surface area (Å²) < 4.78 is 41.9. The maximum absolute atomic E-state index is 12.6. The van der Waals surface area contributed by atoms with E-state index >= 15 is 0 Å². The van der Waals surface area contributed by atoms with Crippen molar-refractivity contribution in [1.29, 1.82) is 0 Å². The molecule has 0 aliphatic carbocycles. The van der Waals surface area contributed by atoms with Gasteiger partial charge in [-0.3, -0.25) is 0 Å². The van der Waals surface area contributed by atoms with Crippen LogP contribution in [0.1, 0.15) is 11.1 Å². The number of carbonyl (C=O) groups excluding carboxylic acids is 1. The number of carbonyl (C=O) groups is 1. The van der Waals surface area contributed by atoms with Crippen molar-refractivity contribution in [2.75, 3.05) is 12.8 Å². The first-order valence-corrected chi connectivity index (χ1v) is 4.41. The lowest BCUT2D eigenvalue weighted by Gasteiger charge is -2.09. The fourth-order valence-electron chi connectivity index (χ4n) is 1.08. The van der Waals surface area contributed by atoms with Crippen molar-refractivity contribution in [2.45, 2.75) is 6.18 Å². The van der Waals surface area contributed by atoms with Crippen molar-refractivity contribution in [2.24, 2.45) is 0 Å². The first kappa shape index (κ1) is 12.9. The van der Waals surface area contributed by atoms with E-state index in [4.69, 9.17) is 5.73 Å². The van der Waals surface area contributed by atoms with Crippen LogP contribution < -0.4 is 5.73 Å². The van der Waals surface area contributed by atoms with Gasteiger partial charge in [-0.25, -0.2) is 4.79 Å². The minimum Gasteiger partial charge on any atom is -0.459 e. The lowest BCUT2D eigenvalue weighted by atomic mass is 10.1. The number of halogens is 3. The molecule has 17 heavy (non-hydrogen) atoms. The average molecular weight is 243 g/mol. The van der Waals surface area contributed by atoms with Crippen LogP contribution in [0.4, 0.5) is 18.9 Å². The van der Waals surface area contributed by atoms with Crippen LogP contribution in [-0.4, -0.2) is 13.1 Å². The summed E-state index contributed by atoms with van der Waals surface area (Å²) in [6.07, 6.45) is -4.55. The normalized spacial score (nSPS) is 10.4. The topological polar surface area (TPSA) is 52.3 Å². The van der Waals surface area contributed by atoms with Crippen LogP contribution in [0.3, 0.4) is 0 Å². The molecule has 0 saturated carbocycles. The molecule has 0 spiro atoms. The van der Waals surface area contributed by atoms with Gasteiger partial charge in [-0.1, -0.05) is 5.92 Å². The molecule has 1 aromatic rings. The SMILES string of the molecule is COC(=O)C#Cc1cc(N)ccc1C(F)(F)F. The largest absolute Gasteiger partial charge is 0.459 e. The zero-order valence-electron chi connectivity index (χ0n) is 8.76. The second-order valence-electron chi connectivity index (χ2n) is 3.04. The number of benzene rings is 1. The molecule has 6 heteroatoms. The van der Waals surface area contributed by atoms with E-state index in [0.717, 1.165) is 25.3 Å². The van der Waals surface area contributed by atoms with Crippen molar-refractivity contribution >= 4 is 11.7 Å². The third-order valence-electron chi connectivity index (χ3n) is 1.83. The molecular weight excluding hydrogens is 235 g/mol. The van der Waals surface area contributed by atoms with Gasteiger partial charge in [0.05, 0.1) is 12.7 Å². The van der Waals surface area contributed by atoms with Crippen molar-refractivity contribution in [3.63, 3.8) is 0 Å². The van der Waals surface area contributed by atoms with Crippen LogP contribution in [0, 0.1) is 11.8 Å². The number of methoxy groups -OCH3 is 1. The lowest BCUT2D eigenvalue weighted by molar-refractivity contribution is -0.138. The molecule has 0 aromatic heterocycles. The molecule has 0 saturated heterocycles. The third kappa shape index (κ3) is 3.41. The molecule has 0 bridgehead atoms. The van der Waals surface area contributed by atoms with Gasteiger partial charge in [0.25, 0.3) is 0 Å². The number of anilines is 1. The number of esters is 1. The molecule has 1 rings (SSSR count). The number of hydrogen-bond acceptors (Lipinski definition) is 3. The van der Waals surface area contributed by atoms with Gasteiger partial charge in [0.15, 0.2) is 0 Å².